The maximum atomic E-state index is 12.0. The summed E-state index contributed by atoms with van der Waals surface area (Å²) in [6, 6.07) is 15.1. The number of non-ortho nitro benzene ring substituents is 1. The second kappa shape index (κ2) is 6.65. The van der Waals surface area contributed by atoms with Gasteiger partial charge in [0.2, 0.25) is 0 Å². The number of carbonyl (C=O) groups excluding carboxylic acids is 1. The number of hydrogen-bond acceptors (Lipinski definition) is 4. The first kappa shape index (κ1) is 14.7. The highest BCUT2D eigenvalue weighted by Gasteiger charge is 2.16. The van der Waals surface area contributed by atoms with Crippen molar-refractivity contribution in [1.29, 1.82) is 0 Å². The van der Waals surface area contributed by atoms with E-state index in [0.717, 1.165) is 5.56 Å². The lowest BCUT2D eigenvalue weighted by molar-refractivity contribution is -0.384. The van der Waals surface area contributed by atoms with Crippen molar-refractivity contribution in [3.05, 3.63) is 70.3 Å². The Morgan fingerprint density at radius 1 is 1.14 bits per heavy atom. The molecule has 2 aromatic rings. The molecule has 2 rings (SSSR count). The van der Waals surface area contributed by atoms with Crippen molar-refractivity contribution in [2.45, 2.75) is 13.3 Å². The second-order valence-electron chi connectivity index (χ2n) is 4.76. The van der Waals surface area contributed by atoms with Crippen molar-refractivity contribution >= 4 is 11.7 Å². The van der Waals surface area contributed by atoms with Crippen LogP contribution in [-0.4, -0.2) is 10.9 Å². The van der Waals surface area contributed by atoms with Gasteiger partial charge in [-0.05, 0) is 24.1 Å². The molecule has 2 aromatic carbocycles. The van der Waals surface area contributed by atoms with Crippen molar-refractivity contribution in [3.8, 4) is 5.75 Å². The highest BCUT2D eigenvalue weighted by molar-refractivity contribution is 5.75. The van der Waals surface area contributed by atoms with Gasteiger partial charge in [0.25, 0.3) is 5.69 Å². The quantitative estimate of drug-likeness (QED) is 0.365. The number of carbonyl (C=O) groups is 1. The van der Waals surface area contributed by atoms with E-state index in [4.69, 9.17) is 4.74 Å². The molecule has 0 spiro atoms. The number of nitro benzene ring substituents is 1. The van der Waals surface area contributed by atoms with Crippen LogP contribution in [0.25, 0.3) is 0 Å². The summed E-state index contributed by atoms with van der Waals surface area (Å²) in [5.41, 5.74) is 1.03. The molecule has 0 saturated heterocycles. The van der Waals surface area contributed by atoms with Crippen LogP contribution in [0.15, 0.2) is 54.6 Å². The summed E-state index contributed by atoms with van der Waals surface area (Å²) < 4.78 is 5.22. The van der Waals surface area contributed by atoms with E-state index in [-0.39, 0.29) is 17.6 Å². The Bertz CT molecular complexity index is 622. The molecule has 1 atom stereocenters. The first-order valence-corrected chi connectivity index (χ1v) is 6.56. The lowest BCUT2D eigenvalue weighted by Crippen LogP contribution is -2.19. The summed E-state index contributed by atoms with van der Waals surface area (Å²) in [6.45, 7) is 1.79. The summed E-state index contributed by atoms with van der Waals surface area (Å²) in [6.07, 6.45) is 0.590. The number of esters is 1. The summed E-state index contributed by atoms with van der Waals surface area (Å²) >= 11 is 0. The van der Waals surface area contributed by atoms with E-state index in [1.54, 1.807) is 6.92 Å². The zero-order valence-corrected chi connectivity index (χ0v) is 11.6. The molecule has 0 radical (unpaired) electrons. The molecular weight excluding hydrogens is 270 g/mol. The monoisotopic (exact) mass is 285 g/mol. The number of hydrogen-bond donors (Lipinski definition) is 0. The third kappa shape index (κ3) is 4.14. The second-order valence-corrected chi connectivity index (χ2v) is 4.76. The number of rotatable bonds is 5. The molecule has 0 bridgehead atoms. The van der Waals surface area contributed by atoms with Gasteiger partial charge in [-0.3, -0.25) is 14.9 Å². The van der Waals surface area contributed by atoms with Gasteiger partial charge in [-0.1, -0.05) is 37.3 Å². The van der Waals surface area contributed by atoms with Crippen LogP contribution in [0.3, 0.4) is 0 Å². The Labute approximate surface area is 122 Å². The Morgan fingerprint density at radius 2 is 1.76 bits per heavy atom. The van der Waals surface area contributed by atoms with E-state index in [1.807, 2.05) is 30.3 Å². The van der Waals surface area contributed by atoms with E-state index < -0.39 is 4.92 Å². The lowest BCUT2D eigenvalue weighted by atomic mass is 10.0. The van der Waals surface area contributed by atoms with Crippen LogP contribution in [0.4, 0.5) is 5.69 Å². The minimum absolute atomic E-state index is 0.0351. The predicted molar refractivity (Wildman–Crippen MR) is 78.0 cm³/mol. The molecule has 0 N–H and O–H groups in total. The zero-order chi connectivity index (χ0) is 15.2. The Kier molecular flexibility index (Phi) is 4.66. The van der Waals surface area contributed by atoms with Crippen molar-refractivity contribution in [2.75, 3.05) is 0 Å². The van der Waals surface area contributed by atoms with Gasteiger partial charge in [0.1, 0.15) is 5.75 Å². The number of benzene rings is 2. The highest BCUT2D eigenvalue weighted by Crippen LogP contribution is 2.19. The molecule has 0 aliphatic heterocycles. The maximum Gasteiger partial charge on any atom is 0.314 e. The van der Waals surface area contributed by atoms with Crippen molar-refractivity contribution in [3.63, 3.8) is 0 Å². The highest BCUT2D eigenvalue weighted by atomic mass is 16.6. The van der Waals surface area contributed by atoms with Crippen LogP contribution in [0.1, 0.15) is 12.5 Å². The third-order valence-corrected chi connectivity index (χ3v) is 3.05. The summed E-state index contributed by atoms with van der Waals surface area (Å²) in [4.78, 5) is 22.0. The predicted octanol–water partition coefficient (Wildman–Crippen LogP) is 3.38. The van der Waals surface area contributed by atoms with E-state index in [0.29, 0.717) is 12.2 Å². The standard InChI is InChI=1S/C16H15NO4/c1-12(11-13-5-3-2-4-6-13)16(18)21-15-9-7-14(8-10-15)17(19)20/h2-10,12H,11H2,1H3/t12-/m0/s1. The molecule has 0 heterocycles. The number of nitro groups is 1. The third-order valence-electron chi connectivity index (χ3n) is 3.05. The van der Waals surface area contributed by atoms with E-state index in [1.165, 1.54) is 24.3 Å². The van der Waals surface area contributed by atoms with Gasteiger partial charge in [-0.2, -0.15) is 0 Å². The first-order valence-electron chi connectivity index (χ1n) is 6.56. The summed E-state index contributed by atoms with van der Waals surface area (Å²) in [5.74, 6) is -0.333. The summed E-state index contributed by atoms with van der Waals surface area (Å²) in [7, 11) is 0. The fourth-order valence-corrected chi connectivity index (χ4v) is 1.90. The Balaban J connectivity index is 1.95. The molecule has 5 heteroatoms. The van der Waals surface area contributed by atoms with E-state index in [9.17, 15) is 14.9 Å². The van der Waals surface area contributed by atoms with Crippen molar-refractivity contribution < 1.29 is 14.5 Å². The number of ether oxygens (including phenoxy) is 1. The maximum absolute atomic E-state index is 12.0. The number of nitrogens with zero attached hydrogens (tertiary/aromatic N) is 1. The van der Waals surface area contributed by atoms with Crippen LogP contribution in [0.2, 0.25) is 0 Å². The smallest absolute Gasteiger partial charge is 0.314 e. The van der Waals surface area contributed by atoms with E-state index >= 15 is 0 Å². The van der Waals surface area contributed by atoms with Gasteiger partial charge < -0.3 is 4.74 Å². The SMILES string of the molecule is C[C@@H](Cc1ccccc1)C(=O)Oc1ccc([N+](=O)[O-])cc1. The molecule has 108 valence electrons. The minimum atomic E-state index is -0.496. The van der Waals surface area contributed by atoms with Crippen molar-refractivity contribution in [1.82, 2.24) is 0 Å². The van der Waals surface area contributed by atoms with Gasteiger partial charge >= 0.3 is 5.97 Å². The molecule has 0 fully saturated rings. The van der Waals surface area contributed by atoms with E-state index in [2.05, 4.69) is 0 Å². The van der Waals surface area contributed by atoms with Crippen LogP contribution in [-0.2, 0) is 11.2 Å². The summed E-state index contributed by atoms with van der Waals surface area (Å²) in [5, 5.41) is 10.5. The van der Waals surface area contributed by atoms with Crippen LogP contribution in [0.5, 0.6) is 5.75 Å². The molecule has 21 heavy (non-hydrogen) atoms. The van der Waals surface area contributed by atoms with Gasteiger partial charge in [-0.15, -0.1) is 0 Å². The fourth-order valence-electron chi connectivity index (χ4n) is 1.90. The average Bonchev–Trinajstić information content (AvgIpc) is 2.48. The van der Waals surface area contributed by atoms with Crippen molar-refractivity contribution in [2.24, 2.45) is 5.92 Å². The molecular formula is C16H15NO4. The average molecular weight is 285 g/mol. The molecule has 0 aliphatic carbocycles. The van der Waals surface area contributed by atoms with Crippen LogP contribution < -0.4 is 4.74 Å². The van der Waals surface area contributed by atoms with Gasteiger partial charge in [0, 0.05) is 12.1 Å². The molecule has 0 aliphatic rings. The molecule has 5 nitrogen and oxygen atoms in total. The van der Waals surface area contributed by atoms with Gasteiger partial charge in [-0.25, -0.2) is 0 Å². The van der Waals surface area contributed by atoms with Gasteiger partial charge in [0.15, 0.2) is 0 Å². The topological polar surface area (TPSA) is 69.4 Å². The van der Waals surface area contributed by atoms with Crippen LogP contribution in [0, 0.1) is 16.0 Å². The molecule has 0 aromatic heterocycles. The fraction of sp³-hybridized carbons (Fsp3) is 0.188. The van der Waals surface area contributed by atoms with Crippen LogP contribution >= 0.6 is 0 Å². The molecule has 0 amide bonds. The first-order chi connectivity index (χ1) is 10.1. The zero-order valence-electron chi connectivity index (χ0n) is 11.6. The largest absolute Gasteiger partial charge is 0.426 e. The molecule has 0 unspecified atom stereocenters. The minimum Gasteiger partial charge on any atom is -0.426 e. The molecule has 0 saturated carbocycles. The van der Waals surface area contributed by atoms with Gasteiger partial charge in [0.05, 0.1) is 10.8 Å². The Morgan fingerprint density at radius 3 is 2.33 bits per heavy atom. The Hall–Kier alpha value is -2.69. The lowest BCUT2D eigenvalue weighted by Gasteiger charge is -2.11. The normalized spacial score (nSPS) is 11.7.